The molecule has 2 amide bonds. The van der Waals surface area contributed by atoms with Crippen LogP contribution >= 0.6 is 0 Å². The van der Waals surface area contributed by atoms with Crippen LogP contribution in [0.15, 0.2) is 54.6 Å². The van der Waals surface area contributed by atoms with Crippen molar-refractivity contribution in [1.29, 1.82) is 0 Å². The van der Waals surface area contributed by atoms with Gasteiger partial charge in [0.05, 0.1) is 11.3 Å². The maximum Gasteiger partial charge on any atom is 0.253 e. The van der Waals surface area contributed by atoms with Crippen molar-refractivity contribution >= 4 is 17.5 Å². The number of nitrogens with one attached hydrogen (secondary N) is 2. The van der Waals surface area contributed by atoms with Crippen LogP contribution in [0.4, 0.5) is 5.69 Å². The first kappa shape index (κ1) is 18.7. The van der Waals surface area contributed by atoms with Gasteiger partial charge in [0.1, 0.15) is 0 Å². The number of hydrogen-bond donors (Lipinski definition) is 2. The molecular formula is C21H26N2O2. The summed E-state index contributed by atoms with van der Waals surface area (Å²) < 4.78 is 0. The second kappa shape index (κ2) is 8.47. The minimum absolute atomic E-state index is 0.0769. The van der Waals surface area contributed by atoms with E-state index in [1.807, 2.05) is 45.0 Å². The van der Waals surface area contributed by atoms with Crippen molar-refractivity contribution < 1.29 is 9.59 Å². The van der Waals surface area contributed by atoms with E-state index in [4.69, 9.17) is 0 Å². The van der Waals surface area contributed by atoms with Crippen LogP contribution in [0.1, 0.15) is 49.5 Å². The second-order valence-corrected chi connectivity index (χ2v) is 7.14. The van der Waals surface area contributed by atoms with Crippen LogP contribution in [0.2, 0.25) is 0 Å². The molecule has 25 heavy (non-hydrogen) atoms. The van der Waals surface area contributed by atoms with Crippen molar-refractivity contribution in [2.45, 2.75) is 45.6 Å². The van der Waals surface area contributed by atoms with Crippen molar-refractivity contribution in [1.82, 2.24) is 5.32 Å². The molecule has 132 valence electrons. The third kappa shape index (κ3) is 6.42. The third-order valence-electron chi connectivity index (χ3n) is 3.65. The summed E-state index contributed by atoms with van der Waals surface area (Å²) in [6.45, 7) is 5.78. The SMILES string of the molecule is CC(C)(C)NC(=O)c1ccccc1NC(=O)CCCc1ccccc1. The van der Waals surface area contributed by atoms with Crippen molar-refractivity contribution in [2.24, 2.45) is 0 Å². The van der Waals surface area contributed by atoms with Crippen LogP contribution in [-0.4, -0.2) is 17.4 Å². The molecule has 0 aliphatic heterocycles. The normalized spacial score (nSPS) is 11.0. The minimum Gasteiger partial charge on any atom is -0.347 e. The number of rotatable bonds is 6. The molecule has 0 aliphatic rings. The summed E-state index contributed by atoms with van der Waals surface area (Å²) in [5.41, 5.74) is 1.92. The van der Waals surface area contributed by atoms with Crippen molar-refractivity contribution in [2.75, 3.05) is 5.32 Å². The molecule has 4 nitrogen and oxygen atoms in total. The van der Waals surface area contributed by atoms with E-state index in [9.17, 15) is 9.59 Å². The van der Waals surface area contributed by atoms with Gasteiger partial charge in [-0.05, 0) is 51.3 Å². The fourth-order valence-electron chi connectivity index (χ4n) is 2.51. The zero-order valence-electron chi connectivity index (χ0n) is 15.1. The molecule has 0 saturated heterocycles. The fraction of sp³-hybridized carbons (Fsp3) is 0.333. The van der Waals surface area contributed by atoms with Gasteiger partial charge in [-0.1, -0.05) is 42.5 Å². The van der Waals surface area contributed by atoms with Crippen molar-refractivity contribution in [3.05, 3.63) is 65.7 Å². The Morgan fingerprint density at radius 2 is 1.56 bits per heavy atom. The van der Waals surface area contributed by atoms with Gasteiger partial charge < -0.3 is 10.6 Å². The molecule has 2 rings (SSSR count). The van der Waals surface area contributed by atoms with Crippen LogP contribution in [0.3, 0.4) is 0 Å². The van der Waals surface area contributed by atoms with Gasteiger partial charge in [0, 0.05) is 12.0 Å². The maximum atomic E-state index is 12.4. The topological polar surface area (TPSA) is 58.2 Å². The van der Waals surface area contributed by atoms with Gasteiger partial charge in [-0.2, -0.15) is 0 Å². The molecule has 0 saturated carbocycles. The summed E-state index contributed by atoms with van der Waals surface area (Å²) in [4.78, 5) is 24.6. The van der Waals surface area contributed by atoms with Crippen molar-refractivity contribution in [3.8, 4) is 0 Å². The number of aryl methyl sites for hydroxylation is 1. The Hall–Kier alpha value is -2.62. The highest BCUT2D eigenvalue weighted by Crippen LogP contribution is 2.17. The lowest BCUT2D eigenvalue weighted by molar-refractivity contribution is -0.116. The molecule has 2 aromatic rings. The van der Waals surface area contributed by atoms with Gasteiger partial charge in [0.25, 0.3) is 5.91 Å². The summed E-state index contributed by atoms with van der Waals surface area (Å²) in [6.07, 6.45) is 2.05. The molecule has 0 unspecified atom stereocenters. The molecule has 0 heterocycles. The first-order valence-corrected chi connectivity index (χ1v) is 8.60. The Balaban J connectivity index is 1.93. The molecule has 0 radical (unpaired) electrons. The van der Waals surface area contributed by atoms with Crippen LogP contribution in [0, 0.1) is 0 Å². The highest BCUT2D eigenvalue weighted by Gasteiger charge is 2.18. The van der Waals surface area contributed by atoms with Gasteiger partial charge in [-0.25, -0.2) is 0 Å². The molecule has 0 aliphatic carbocycles. The molecule has 2 aromatic carbocycles. The van der Waals surface area contributed by atoms with Crippen LogP contribution < -0.4 is 10.6 Å². The van der Waals surface area contributed by atoms with E-state index in [-0.39, 0.29) is 17.4 Å². The van der Waals surface area contributed by atoms with Gasteiger partial charge in [0.2, 0.25) is 5.91 Å². The largest absolute Gasteiger partial charge is 0.347 e. The molecule has 0 fully saturated rings. The Kier molecular flexibility index (Phi) is 6.34. The van der Waals surface area contributed by atoms with Crippen LogP contribution in [0.5, 0.6) is 0 Å². The lowest BCUT2D eigenvalue weighted by atomic mass is 10.1. The predicted molar refractivity (Wildman–Crippen MR) is 102 cm³/mol. The lowest BCUT2D eigenvalue weighted by Gasteiger charge is -2.21. The fourth-order valence-corrected chi connectivity index (χ4v) is 2.51. The second-order valence-electron chi connectivity index (χ2n) is 7.14. The van der Waals surface area contributed by atoms with E-state index in [1.165, 1.54) is 5.56 Å². The quantitative estimate of drug-likeness (QED) is 0.830. The first-order chi connectivity index (χ1) is 11.8. The number of carbonyl (C=O) groups excluding carboxylic acids is 2. The van der Waals surface area contributed by atoms with E-state index < -0.39 is 0 Å². The van der Waals surface area contributed by atoms with E-state index >= 15 is 0 Å². The van der Waals surface area contributed by atoms with Crippen LogP contribution in [0.25, 0.3) is 0 Å². The van der Waals surface area contributed by atoms with Crippen LogP contribution in [-0.2, 0) is 11.2 Å². The summed E-state index contributed by atoms with van der Waals surface area (Å²) in [5, 5.41) is 5.79. The highest BCUT2D eigenvalue weighted by atomic mass is 16.2. The molecule has 4 heteroatoms. The molecule has 0 spiro atoms. The van der Waals surface area contributed by atoms with Gasteiger partial charge in [-0.15, -0.1) is 0 Å². The highest BCUT2D eigenvalue weighted by molar-refractivity contribution is 6.03. The number of para-hydroxylation sites is 1. The summed E-state index contributed by atoms with van der Waals surface area (Å²) >= 11 is 0. The smallest absolute Gasteiger partial charge is 0.253 e. The Bertz CT molecular complexity index is 718. The van der Waals surface area contributed by atoms with E-state index in [1.54, 1.807) is 18.2 Å². The number of hydrogen-bond acceptors (Lipinski definition) is 2. The predicted octanol–water partition coefficient (Wildman–Crippen LogP) is 4.18. The van der Waals surface area contributed by atoms with Gasteiger partial charge >= 0.3 is 0 Å². The molecular weight excluding hydrogens is 312 g/mol. The van der Waals surface area contributed by atoms with E-state index in [0.29, 0.717) is 17.7 Å². The van der Waals surface area contributed by atoms with E-state index in [0.717, 1.165) is 12.8 Å². The molecule has 2 N–H and O–H groups in total. The molecule has 0 atom stereocenters. The number of anilines is 1. The third-order valence-corrected chi connectivity index (χ3v) is 3.65. The Labute approximate surface area is 149 Å². The number of carbonyl (C=O) groups is 2. The average molecular weight is 338 g/mol. The zero-order valence-corrected chi connectivity index (χ0v) is 15.1. The number of amides is 2. The Morgan fingerprint density at radius 1 is 0.920 bits per heavy atom. The van der Waals surface area contributed by atoms with Crippen molar-refractivity contribution in [3.63, 3.8) is 0 Å². The first-order valence-electron chi connectivity index (χ1n) is 8.60. The van der Waals surface area contributed by atoms with Gasteiger partial charge in [0.15, 0.2) is 0 Å². The Morgan fingerprint density at radius 3 is 2.24 bits per heavy atom. The maximum absolute atomic E-state index is 12.4. The summed E-state index contributed by atoms with van der Waals surface area (Å²) in [6, 6.07) is 17.2. The van der Waals surface area contributed by atoms with Gasteiger partial charge in [-0.3, -0.25) is 9.59 Å². The lowest BCUT2D eigenvalue weighted by Crippen LogP contribution is -2.40. The summed E-state index contributed by atoms with van der Waals surface area (Å²) in [5.74, 6) is -0.264. The number of benzene rings is 2. The molecule has 0 bridgehead atoms. The van der Waals surface area contributed by atoms with E-state index in [2.05, 4.69) is 22.8 Å². The minimum atomic E-state index is -0.329. The summed E-state index contributed by atoms with van der Waals surface area (Å²) in [7, 11) is 0. The average Bonchev–Trinajstić information content (AvgIpc) is 2.54. The monoisotopic (exact) mass is 338 g/mol. The molecule has 0 aromatic heterocycles. The zero-order chi connectivity index (χ0) is 18.3. The standard InChI is InChI=1S/C21H26N2O2/c1-21(2,3)23-20(25)17-13-7-8-14-18(17)22-19(24)15-9-12-16-10-5-4-6-11-16/h4-8,10-11,13-14H,9,12,15H2,1-3H3,(H,22,24)(H,23,25).